The molecule has 0 bridgehead atoms. The molecule has 142 valence electrons. The number of amides is 2. The summed E-state index contributed by atoms with van der Waals surface area (Å²) in [6.45, 7) is 3.10. The zero-order valence-corrected chi connectivity index (χ0v) is 18.6. The van der Waals surface area contributed by atoms with E-state index < -0.39 is 0 Å². The molecular formula is C22H18Br2N2O2. The highest BCUT2D eigenvalue weighted by molar-refractivity contribution is 9.15. The van der Waals surface area contributed by atoms with Crippen molar-refractivity contribution in [3.05, 3.63) is 83.2 Å². The number of fused-ring (bicyclic) bond motifs is 2. The van der Waals surface area contributed by atoms with Crippen LogP contribution in [-0.2, 0) is 9.59 Å². The number of rotatable bonds is 1. The molecule has 0 N–H and O–H groups in total. The molecule has 2 amide bonds. The molecule has 4 nitrogen and oxygen atoms in total. The number of nitrogens with zero attached hydrogens (tertiary/aromatic N) is 2. The Morgan fingerprint density at radius 2 is 1.07 bits per heavy atom. The van der Waals surface area contributed by atoms with E-state index in [4.69, 9.17) is 0 Å². The second kappa shape index (κ2) is 7.33. The summed E-state index contributed by atoms with van der Waals surface area (Å²) in [5.74, 6) is -0.155. The van der Waals surface area contributed by atoms with Crippen molar-refractivity contribution in [2.45, 2.75) is 25.9 Å². The van der Waals surface area contributed by atoms with Crippen LogP contribution < -0.4 is 0 Å². The van der Waals surface area contributed by atoms with E-state index in [1.165, 1.54) is 0 Å². The van der Waals surface area contributed by atoms with Gasteiger partial charge in [0.25, 0.3) is 0 Å². The van der Waals surface area contributed by atoms with Gasteiger partial charge in [-0.2, -0.15) is 0 Å². The molecule has 2 atom stereocenters. The smallest absolute Gasteiger partial charge is 0.224 e. The molecule has 0 saturated carbocycles. The highest BCUT2D eigenvalue weighted by Crippen LogP contribution is 2.50. The van der Waals surface area contributed by atoms with Crippen LogP contribution in [0.2, 0.25) is 0 Å². The second-order valence-corrected chi connectivity index (χ2v) is 8.58. The number of carbonyl (C=O) groups is 2. The summed E-state index contributed by atoms with van der Waals surface area (Å²) in [6, 6.07) is 15.3. The Kier molecular flexibility index (Phi) is 5.02. The minimum absolute atomic E-state index is 0.0777. The van der Waals surface area contributed by atoms with E-state index in [2.05, 4.69) is 31.9 Å². The molecule has 2 aromatic carbocycles. The van der Waals surface area contributed by atoms with Gasteiger partial charge in [0, 0.05) is 35.2 Å². The maximum atomic E-state index is 12.6. The summed E-state index contributed by atoms with van der Waals surface area (Å²) in [5.41, 5.74) is 4.06. The molecule has 0 aliphatic carbocycles. The van der Waals surface area contributed by atoms with Crippen LogP contribution in [0, 0.1) is 0 Å². The van der Waals surface area contributed by atoms with E-state index >= 15 is 0 Å². The van der Waals surface area contributed by atoms with Gasteiger partial charge in [-0.05, 0) is 54.1 Å². The molecule has 0 fully saturated rings. The van der Waals surface area contributed by atoms with Crippen LogP contribution in [0.5, 0.6) is 0 Å². The molecule has 2 aromatic rings. The molecule has 0 radical (unpaired) electrons. The van der Waals surface area contributed by atoms with Gasteiger partial charge in [-0.1, -0.05) is 48.5 Å². The van der Waals surface area contributed by atoms with Gasteiger partial charge >= 0.3 is 0 Å². The first-order valence-electron chi connectivity index (χ1n) is 8.91. The summed E-state index contributed by atoms with van der Waals surface area (Å²) in [4.78, 5) is 28.6. The minimum atomic E-state index is -0.336. The quantitative estimate of drug-likeness (QED) is 0.511. The van der Waals surface area contributed by atoms with Gasteiger partial charge in [0.2, 0.25) is 11.8 Å². The topological polar surface area (TPSA) is 40.6 Å². The van der Waals surface area contributed by atoms with Gasteiger partial charge < -0.3 is 9.80 Å². The zero-order valence-electron chi connectivity index (χ0n) is 15.4. The molecule has 4 rings (SSSR count). The van der Waals surface area contributed by atoms with Gasteiger partial charge in [0.05, 0.1) is 12.1 Å². The van der Waals surface area contributed by atoms with E-state index in [9.17, 15) is 9.59 Å². The molecule has 0 unspecified atom stereocenters. The predicted molar refractivity (Wildman–Crippen MR) is 117 cm³/mol. The maximum Gasteiger partial charge on any atom is 0.224 e. The monoisotopic (exact) mass is 500 g/mol. The van der Waals surface area contributed by atoms with Gasteiger partial charge in [0.1, 0.15) is 0 Å². The van der Waals surface area contributed by atoms with Crippen molar-refractivity contribution < 1.29 is 9.59 Å². The Morgan fingerprint density at radius 1 is 0.714 bits per heavy atom. The number of hydrogen-bond donors (Lipinski definition) is 0. The SMILES string of the molecule is CC(=O)N1C=C(Br)c2ccccc2[C@@H]1[C@H]1c2ccccc2C(Br)=CN1C(C)=O. The molecule has 6 heteroatoms. The molecule has 0 aromatic heterocycles. The van der Waals surface area contributed by atoms with Crippen LogP contribution in [0.1, 0.15) is 48.2 Å². The van der Waals surface area contributed by atoms with Crippen LogP contribution in [-0.4, -0.2) is 21.6 Å². The fraction of sp³-hybridized carbons (Fsp3) is 0.182. The standard InChI is InChI=1S/C22H18Br2N2O2/c1-13(27)25-11-19(23)15-7-3-5-9-17(15)21(25)22-18-10-6-4-8-16(18)20(24)12-26(22)14(2)28/h3-12,21-22H,1-2H3/t21-,22-/m1/s1. The molecule has 0 spiro atoms. The van der Waals surface area contributed by atoms with E-state index in [1.807, 2.05) is 60.9 Å². The largest absolute Gasteiger partial charge is 0.308 e. The van der Waals surface area contributed by atoms with Crippen molar-refractivity contribution in [1.82, 2.24) is 9.80 Å². The molecule has 2 heterocycles. The molecule has 0 saturated heterocycles. The Hall–Kier alpha value is -2.18. The van der Waals surface area contributed by atoms with Gasteiger partial charge in [-0.25, -0.2) is 0 Å². The number of hydrogen-bond acceptors (Lipinski definition) is 2. The summed E-state index contributed by atoms with van der Waals surface area (Å²) in [5, 5.41) is 0. The summed E-state index contributed by atoms with van der Waals surface area (Å²) < 4.78 is 1.70. The summed E-state index contributed by atoms with van der Waals surface area (Å²) in [7, 11) is 0. The van der Waals surface area contributed by atoms with Crippen molar-refractivity contribution in [2.24, 2.45) is 0 Å². The first kappa shape index (κ1) is 19.2. The molecule has 2 aliphatic rings. The fourth-order valence-corrected chi connectivity index (χ4v) is 5.17. The highest BCUT2D eigenvalue weighted by Gasteiger charge is 2.42. The van der Waals surface area contributed by atoms with Crippen molar-refractivity contribution in [1.29, 1.82) is 0 Å². The van der Waals surface area contributed by atoms with Crippen LogP contribution in [0.15, 0.2) is 60.9 Å². The van der Waals surface area contributed by atoms with Gasteiger partial charge in [0.15, 0.2) is 0 Å². The van der Waals surface area contributed by atoms with Crippen molar-refractivity contribution in [2.75, 3.05) is 0 Å². The third-order valence-corrected chi connectivity index (χ3v) is 6.47. The Bertz CT molecular complexity index is 961. The average Bonchev–Trinajstić information content (AvgIpc) is 2.68. The maximum absolute atomic E-state index is 12.6. The first-order chi connectivity index (χ1) is 13.4. The molecule has 2 aliphatic heterocycles. The number of benzene rings is 2. The lowest BCUT2D eigenvalue weighted by molar-refractivity contribution is -0.134. The van der Waals surface area contributed by atoms with Crippen molar-refractivity contribution in [3.63, 3.8) is 0 Å². The Labute approximate surface area is 180 Å². The van der Waals surface area contributed by atoms with Crippen molar-refractivity contribution in [3.8, 4) is 0 Å². The highest BCUT2D eigenvalue weighted by atomic mass is 79.9. The van der Waals surface area contributed by atoms with Gasteiger partial charge in [-0.3, -0.25) is 9.59 Å². The fourth-order valence-electron chi connectivity index (χ4n) is 4.01. The zero-order chi connectivity index (χ0) is 20.0. The third kappa shape index (κ3) is 3.05. The van der Waals surface area contributed by atoms with Crippen LogP contribution in [0.3, 0.4) is 0 Å². The Balaban J connectivity index is 1.99. The minimum Gasteiger partial charge on any atom is -0.308 e. The first-order valence-corrected chi connectivity index (χ1v) is 10.5. The van der Waals surface area contributed by atoms with Crippen LogP contribution in [0.25, 0.3) is 8.96 Å². The van der Waals surface area contributed by atoms with Crippen molar-refractivity contribution >= 4 is 52.6 Å². The average molecular weight is 502 g/mol. The predicted octanol–water partition coefficient (Wildman–Crippen LogP) is 5.58. The van der Waals surface area contributed by atoms with E-state index in [1.54, 1.807) is 23.6 Å². The normalized spacial score (nSPS) is 20.7. The van der Waals surface area contributed by atoms with E-state index in [0.717, 1.165) is 31.2 Å². The summed E-state index contributed by atoms with van der Waals surface area (Å²) in [6.07, 6.45) is 3.65. The molecular weight excluding hydrogens is 484 g/mol. The van der Waals surface area contributed by atoms with Crippen LogP contribution >= 0.6 is 31.9 Å². The Morgan fingerprint density at radius 3 is 1.43 bits per heavy atom. The second-order valence-electron chi connectivity index (χ2n) is 6.87. The van der Waals surface area contributed by atoms with Gasteiger partial charge in [-0.15, -0.1) is 0 Å². The number of carbonyl (C=O) groups excluding carboxylic acids is 2. The van der Waals surface area contributed by atoms with E-state index in [0.29, 0.717) is 0 Å². The summed E-state index contributed by atoms with van der Waals surface area (Å²) >= 11 is 7.20. The third-order valence-electron chi connectivity index (χ3n) is 5.20. The lowest BCUT2D eigenvalue weighted by Crippen LogP contribution is -2.43. The molecule has 28 heavy (non-hydrogen) atoms. The lowest BCUT2D eigenvalue weighted by atomic mass is 9.83. The number of halogens is 2. The van der Waals surface area contributed by atoms with Crippen LogP contribution in [0.4, 0.5) is 0 Å². The van der Waals surface area contributed by atoms with E-state index in [-0.39, 0.29) is 23.9 Å². The lowest BCUT2D eigenvalue weighted by Gasteiger charge is -2.44.